The zero-order valence-corrected chi connectivity index (χ0v) is 11.6. The fourth-order valence-corrected chi connectivity index (χ4v) is 2.71. The summed E-state index contributed by atoms with van der Waals surface area (Å²) in [6.07, 6.45) is 6.54. The summed E-state index contributed by atoms with van der Waals surface area (Å²) in [5, 5.41) is 3.67. The monoisotopic (exact) mass is 248 g/mol. The first-order valence-corrected chi connectivity index (χ1v) is 6.97. The standard InChI is InChI=1S/C15H24N2O/c1-4-6-17-15(13-8-12(3)18-10-13)14-9-16-7-5-11(14)2/h5,7,9,12-13,15,17H,4,6,8,10H2,1-3H3. The minimum Gasteiger partial charge on any atom is -0.378 e. The van der Waals surface area contributed by atoms with E-state index in [2.05, 4.69) is 37.1 Å². The van der Waals surface area contributed by atoms with E-state index in [1.165, 1.54) is 11.1 Å². The van der Waals surface area contributed by atoms with Gasteiger partial charge < -0.3 is 10.1 Å². The first kappa shape index (κ1) is 13.5. The zero-order valence-electron chi connectivity index (χ0n) is 11.6. The van der Waals surface area contributed by atoms with E-state index in [0.29, 0.717) is 18.1 Å². The molecule has 3 atom stereocenters. The third-order valence-corrected chi connectivity index (χ3v) is 3.73. The van der Waals surface area contributed by atoms with Crippen molar-refractivity contribution in [3.63, 3.8) is 0 Å². The second-order valence-electron chi connectivity index (χ2n) is 5.30. The number of nitrogens with one attached hydrogen (secondary N) is 1. The van der Waals surface area contributed by atoms with Crippen molar-refractivity contribution in [3.8, 4) is 0 Å². The minimum absolute atomic E-state index is 0.378. The van der Waals surface area contributed by atoms with Gasteiger partial charge in [-0.25, -0.2) is 0 Å². The molecule has 1 fully saturated rings. The number of aryl methyl sites for hydroxylation is 1. The van der Waals surface area contributed by atoms with Crippen molar-refractivity contribution in [2.24, 2.45) is 5.92 Å². The van der Waals surface area contributed by atoms with Gasteiger partial charge in [-0.3, -0.25) is 4.98 Å². The lowest BCUT2D eigenvalue weighted by Crippen LogP contribution is -2.30. The van der Waals surface area contributed by atoms with Crippen LogP contribution < -0.4 is 5.32 Å². The number of rotatable bonds is 5. The summed E-state index contributed by atoms with van der Waals surface area (Å²) < 4.78 is 5.73. The maximum Gasteiger partial charge on any atom is 0.0551 e. The van der Waals surface area contributed by atoms with Gasteiger partial charge in [-0.1, -0.05) is 6.92 Å². The Labute approximate surface area is 110 Å². The molecule has 2 rings (SSSR count). The molecule has 1 aromatic heterocycles. The van der Waals surface area contributed by atoms with Crippen LogP contribution >= 0.6 is 0 Å². The van der Waals surface area contributed by atoms with Crippen molar-refractivity contribution >= 4 is 0 Å². The molecular weight excluding hydrogens is 224 g/mol. The normalized spacial score (nSPS) is 25.3. The molecule has 1 saturated heterocycles. The summed E-state index contributed by atoms with van der Waals surface area (Å²) in [5.41, 5.74) is 2.65. The largest absolute Gasteiger partial charge is 0.378 e. The van der Waals surface area contributed by atoms with Gasteiger partial charge >= 0.3 is 0 Å². The Morgan fingerprint density at radius 2 is 2.39 bits per heavy atom. The van der Waals surface area contributed by atoms with Crippen molar-refractivity contribution in [1.29, 1.82) is 0 Å². The number of pyridine rings is 1. The Balaban J connectivity index is 2.17. The Hall–Kier alpha value is -0.930. The van der Waals surface area contributed by atoms with Gasteiger partial charge in [0.25, 0.3) is 0 Å². The molecular formula is C15H24N2O. The van der Waals surface area contributed by atoms with E-state index in [1.807, 2.05) is 12.4 Å². The second kappa shape index (κ2) is 6.30. The van der Waals surface area contributed by atoms with Crippen molar-refractivity contribution in [2.45, 2.75) is 45.8 Å². The Morgan fingerprint density at radius 3 is 3.00 bits per heavy atom. The first-order valence-electron chi connectivity index (χ1n) is 6.97. The average molecular weight is 248 g/mol. The first-order chi connectivity index (χ1) is 8.72. The molecule has 3 heteroatoms. The molecule has 0 amide bonds. The van der Waals surface area contributed by atoms with Crippen LogP contribution in [0.3, 0.4) is 0 Å². The maximum absolute atomic E-state index is 5.73. The lowest BCUT2D eigenvalue weighted by molar-refractivity contribution is 0.117. The number of hydrogen-bond donors (Lipinski definition) is 1. The molecule has 100 valence electrons. The highest BCUT2D eigenvalue weighted by atomic mass is 16.5. The molecule has 3 nitrogen and oxygen atoms in total. The van der Waals surface area contributed by atoms with E-state index in [-0.39, 0.29) is 0 Å². The van der Waals surface area contributed by atoms with Gasteiger partial charge in [0.1, 0.15) is 0 Å². The van der Waals surface area contributed by atoms with Crippen LogP contribution in [0.15, 0.2) is 18.5 Å². The minimum atomic E-state index is 0.378. The van der Waals surface area contributed by atoms with Crippen molar-refractivity contribution in [2.75, 3.05) is 13.2 Å². The van der Waals surface area contributed by atoms with Crippen LogP contribution in [0.1, 0.15) is 43.9 Å². The van der Waals surface area contributed by atoms with Crippen LogP contribution in [-0.4, -0.2) is 24.2 Å². The Bertz CT molecular complexity index is 381. The molecule has 0 saturated carbocycles. The summed E-state index contributed by atoms with van der Waals surface area (Å²) in [4.78, 5) is 4.28. The van der Waals surface area contributed by atoms with E-state index in [0.717, 1.165) is 26.0 Å². The summed E-state index contributed by atoms with van der Waals surface area (Å²) in [6, 6.07) is 2.47. The van der Waals surface area contributed by atoms with Crippen LogP contribution in [0.25, 0.3) is 0 Å². The molecule has 0 radical (unpaired) electrons. The average Bonchev–Trinajstić information content (AvgIpc) is 2.78. The van der Waals surface area contributed by atoms with E-state index >= 15 is 0 Å². The Morgan fingerprint density at radius 1 is 1.56 bits per heavy atom. The topological polar surface area (TPSA) is 34.2 Å². The SMILES string of the molecule is CCCNC(c1cnccc1C)C1COC(C)C1. The second-order valence-corrected chi connectivity index (χ2v) is 5.30. The summed E-state index contributed by atoms with van der Waals surface area (Å²) in [7, 11) is 0. The third-order valence-electron chi connectivity index (χ3n) is 3.73. The highest BCUT2D eigenvalue weighted by Gasteiger charge is 2.31. The molecule has 1 aromatic rings. The van der Waals surface area contributed by atoms with Crippen LogP contribution in [0.5, 0.6) is 0 Å². The van der Waals surface area contributed by atoms with Crippen LogP contribution in [0.4, 0.5) is 0 Å². The van der Waals surface area contributed by atoms with Crippen molar-refractivity contribution in [3.05, 3.63) is 29.6 Å². The van der Waals surface area contributed by atoms with Crippen molar-refractivity contribution < 1.29 is 4.74 Å². The van der Waals surface area contributed by atoms with Gasteiger partial charge in [-0.05, 0) is 50.4 Å². The lowest BCUT2D eigenvalue weighted by Gasteiger charge is -2.25. The number of ether oxygens (including phenoxy) is 1. The molecule has 0 bridgehead atoms. The molecule has 3 unspecified atom stereocenters. The van der Waals surface area contributed by atoms with E-state index in [4.69, 9.17) is 4.74 Å². The van der Waals surface area contributed by atoms with Gasteiger partial charge in [0.15, 0.2) is 0 Å². The number of hydrogen-bond acceptors (Lipinski definition) is 3. The summed E-state index contributed by atoms with van der Waals surface area (Å²) >= 11 is 0. The quantitative estimate of drug-likeness (QED) is 0.870. The fraction of sp³-hybridized carbons (Fsp3) is 0.667. The van der Waals surface area contributed by atoms with Crippen LogP contribution in [-0.2, 0) is 4.74 Å². The van der Waals surface area contributed by atoms with Gasteiger partial charge in [0, 0.05) is 24.4 Å². The van der Waals surface area contributed by atoms with Gasteiger partial charge in [0.05, 0.1) is 12.7 Å². The van der Waals surface area contributed by atoms with Gasteiger partial charge in [-0.15, -0.1) is 0 Å². The molecule has 0 aromatic carbocycles. The zero-order chi connectivity index (χ0) is 13.0. The highest BCUT2D eigenvalue weighted by Crippen LogP contribution is 2.32. The highest BCUT2D eigenvalue weighted by molar-refractivity contribution is 5.26. The molecule has 2 heterocycles. The third kappa shape index (κ3) is 3.09. The predicted molar refractivity (Wildman–Crippen MR) is 73.5 cm³/mol. The summed E-state index contributed by atoms with van der Waals surface area (Å²) in [6.45, 7) is 8.43. The summed E-state index contributed by atoms with van der Waals surface area (Å²) in [5.74, 6) is 0.564. The lowest BCUT2D eigenvalue weighted by atomic mass is 9.89. The van der Waals surface area contributed by atoms with Crippen LogP contribution in [0.2, 0.25) is 0 Å². The van der Waals surface area contributed by atoms with E-state index < -0.39 is 0 Å². The van der Waals surface area contributed by atoms with E-state index in [9.17, 15) is 0 Å². The molecule has 0 spiro atoms. The maximum atomic E-state index is 5.73. The number of nitrogens with zero attached hydrogens (tertiary/aromatic N) is 1. The van der Waals surface area contributed by atoms with E-state index in [1.54, 1.807) is 0 Å². The van der Waals surface area contributed by atoms with Gasteiger partial charge in [-0.2, -0.15) is 0 Å². The fourth-order valence-electron chi connectivity index (χ4n) is 2.71. The van der Waals surface area contributed by atoms with Gasteiger partial charge in [0.2, 0.25) is 0 Å². The van der Waals surface area contributed by atoms with Crippen molar-refractivity contribution in [1.82, 2.24) is 10.3 Å². The molecule has 1 N–H and O–H groups in total. The van der Waals surface area contributed by atoms with Crippen LogP contribution in [0, 0.1) is 12.8 Å². The molecule has 0 aliphatic carbocycles. The molecule has 1 aliphatic heterocycles. The molecule has 1 aliphatic rings. The number of aromatic nitrogens is 1. The Kier molecular flexibility index (Phi) is 4.72. The smallest absolute Gasteiger partial charge is 0.0551 e. The predicted octanol–water partition coefficient (Wildman–Crippen LogP) is 2.86. The molecule has 18 heavy (non-hydrogen) atoms.